The number of rotatable bonds is 6. The van der Waals surface area contributed by atoms with Gasteiger partial charge in [-0.3, -0.25) is 14.6 Å². The number of amides is 2. The first-order chi connectivity index (χ1) is 13.9. The first kappa shape index (κ1) is 21.2. The van der Waals surface area contributed by atoms with Crippen molar-refractivity contribution in [2.75, 3.05) is 20.1 Å². The van der Waals surface area contributed by atoms with Gasteiger partial charge in [0.25, 0.3) is 5.91 Å². The summed E-state index contributed by atoms with van der Waals surface area (Å²) < 4.78 is 13.1. The summed E-state index contributed by atoms with van der Waals surface area (Å²) in [6.45, 7) is 2.42. The van der Waals surface area contributed by atoms with Crippen molar-refractivity contribution >= 4 is 23.4 Å². The van der Waals surface area contributed by atoms with E-state index < -0.39 is 11.7 Å². The molecule has 0 spiro atoms. The summed E-state index contributed by atoms with van der Waals surface area (Å²) in [4.78, 5) is 31.0. The lowest BCUT2D eigenvalue weighted by Crippen LogP contribution is -2.41. The molecule has 1 aromatic carbocycles. The van der Waals surface area contributed by atoms with Crippen molar-refractivity contribution in [2.45, 2.75) is 25.9 Å². The average molecular weight is 419 g/mol. The highest BCUT2D eigenvalue weighted by Gasteiger charge is 2.23. The van der Waals surface area contributed by atoms with E-state index in [1.54, 1.807) is 6.20 Å². The number of piperidine rings is 1. The number of benzene rings is 1. The maximum atomic E-state index is 13.1. The molecule has 3 rings (SSSR count). The molecule has 154 valence electrons. The molecular formula is C21H24ClFN4O2. The Bertz CT molecular complexity index is 893. The summed E-state index contributed by atoms with van der Waals surface area (Å²) in [5.74, 6) is -0.816. The second kappa shape index (κ2) is 9.80. The summed E-state index contributed by atoms with van der Waals surface area (Å²) in [5, 5.41) is 5.77. The van der Waals surface area contributed by atoms with Crippen LogP contribution in [0.3, 0.4) is 0 Å². The smallest absolute Gasteiger partial charge is 0.253 e. The SMILES string of the molecule is CN1CCCC(C(=O)NCc2ccnc(CNC(=O)c3ccc(F)cc3Cl)c2)C1. The van der Waals surface area contributed by atoms with Gasteiger partial charge in [-0.1, -0.05) is 11.6 Å². The van der Waals surface area contributed by atoms with Gasteiger partial charge in [-0.2, -0.15) is 0 Å². The molecule has 0 bridgehead atoms. The molecule has 0 aliphatic carbocycles. The predicted octanol–water partition coefficient (Wildman–Crippen LogP) is 2.76. The third-order valence-corrected chi connectivity index (χ3v) is 5.26. The van der Waals surface area contributed by atoms with Crippen LogP contribution in [0.1, 0.15) is 34.5 Å². The lowest BCUT2D eigenvalue weighted by atomic mass is 9.97. The van der Waals surface area contributed by atoms with E-state index in [1.165, 1.54) is 12.1 Å². The van der Waals surface area contributed by atoms with Gasteiger partial charge in [-0.25, -0.2) is 4.39 Å². The zero-order valence-corrected chi connectivity index (χ0v) is 17.0. The summed E-state index contributed by atoms with van der Waals surface area (Å²) in [7, 11) is 2.03. The van der Waals surface area contributed by atoms with Crippen LogP contribution in [0.4, 0.5) is 4.39 Å². The third kappa shape index (κ3) is 5.98. The van der Waals surface area contributed by atoms with E-state index in [1.807, 2.05) is 19.2 Å². The second-order valence-electron chi connectivity index (χ2n) is 7.28. The minimum atomic E-state index is -0.497. The number of hydrogen-bond donors (Lipinski definition) is 2. The fraction of sp³-hybridized carbons (Fsp3) is 0.381. The fourth-order valence-electron chi connectivity index (χ4n) is 3.39. The molecule has 2 aromatic rings. The van der Waals surface area contributed by atoms with Gasteiger partial charge in [-0.15, -0.1) is 0 Å². The van der Waals surface area contributed by atoms with Gasteiger partial charge >= 0.3 is 0 Å². The van der Waals surface area contributed by atoms with Gasteiger partial charge in [0.2, 0.25) is 5.91 Å². The van der Waals surface area contributed by atoms with Crippen molar-refractivity contribution in [1.82, 2.24) is 20.5 Å². The van der Waals surface area contributed by atoms with E-state index >= 15 is 0 Å². The lowest BCUT2D eigenvalue weighted by Gasteiger charge is -2.28. The predicted molar refractivity (Wildman–Crippen MR) is 109 cm³/mol. The van der Waals surface area contributed by atoms with Crippen LogP contribution in [0.2, 0.25) is 5.02 Å². The summed E-state index contributed by atoms with van der Waals surface area (Å²) in [5.41, 5.74) is 1.76. The lowest BCUT2D eigenvalue weighted by molar-refractivity contribution is -0.126. The molecule has 0 radical (unpaired) electrons. The van der Waals surface area contributed by atoms with Gasteiger partial charge in [0.15, 0.2) is 0 Å². The van der Waals surface area contributed by atoms with Crippen LogP contribution in [0.5, 0.6) is 0 Å². The number of pyridine rings is 1. The summed E-state index contributed by atoms with van der Waals surface area (Å²) in [6, 6.07) is 7.29. The molecule has 1 saturated heterocycles. The van der Waals surface area contributed by atoms with Gasteiger partial charge in [-0.05, 0) is 62.3 Å². The summed E-state index contributed by atoms with van der Waals surface area (Å²) in [6.07, 6.45) is 3.59. The second-order valence-corrected chi connectivity index (χ2v) is 7.69. The Morgan fingerprint density at radius 2 is 2.07 bits per heavy atom. The number of likely N-dealkylation sites (tertiary alicyclic amines) is 1. The van der Waals surface area contributed by atoms with E-state index in [-0.39, 0.29) is 29.0 Å². The van der Waals surface area contributed by atoms with Crippen LogP contribution in [0.25, 0.3) is 0 Å². The zero-order chi connectivity index (χ0) is 20.8. The Kier molecular flexibility index (Phi) is 7.17. The van der Waals surface area contributed by atoms with Crippen molar-refractivity contribution in [1.29, 1.82) is 0 Å². The van der Waals surface area contributed by atoms with Crippen LogP contribution in [0, 0.1) is 11.7 Å². The third-order valence-electron chi connectivity index (χ3n) is 4.95. The molecule has 6 nitrogen and oxygen atoms in total. The van der Waals surface area contributed by atoms with E-state index in [2.05, 4.69) is 20.5 Å². The molecule has 1 aromatic heterocycles. The highest BCUT2D eigenvalue weighted by atomic mass is 35.5. The first-order valence-corrected chi connectivity index (χ1v) is 9.93. The van der Waals surface area contributed by atoms with E-state index in [0.29, 0.717) is 12.2 Å². The monoisotopic (exact) mass is 418 g/mol. The van der Waals surface area contributed by atoms with Crippen LogP contribution >= 0.6 is 11.6 Å². The van der Waals surface area contributed by atoms with Crippen molar-refractivity contribution in [3.8, 4) is 0 Å². The molecule has 2 N–H and O–H groups in total. The van der Waals surface area contributed by atoms with Gasteiger partial charge < -0.3 is 15.5 Å². The number of nitrogens with zero attached hydrogens (tertiary/aromatic N) is 2. The van der Waals surface area contributed by atoms with Gasteiger partial charge in [0.1, 0.15) is 5.82 Å². The zero-order valence-electron chi connectivity index (χ0n) is 16.3. The molecular weight excluding hydrogens is 395 g/mol. The molecule has 2 amide bonds. The van der Waals surface area contributed by atoms with Crippen LogP contribution < -0.4 is 10.6 Å². The van der Waals surface area contributed by atoms with E-state index in [0.717, 1.165) is 37.6 Å². The van der Waals surface area contributed by atoms with E-state index in [4.69, 9.17) is 11.6 Å². The maximum Gasteiger partial charge on any atom is 0.253 e. The Balaban J connectivity index is 1.52. The molecule has 1 atom stereocenters. The molecule has 2 heterocycles. The van der Waals surface area contributed by atoms with Crippen LogP contribution in [-0.4, -0.2) is 41.8 Å². The van der Waals surface area contributed by atoms with Crippen LogP contribution in [0.15, 0.2) is 36.5 Å². The maximum absolute atomic E-state index is 13.1. The number of carbonyl (C=O) groups excluding carboxylic acids is 2. The Morgan fingerprint density at radius 3 is 2.83 bits per heavy atom. The number of nitrogens with one attached hydrogen (secondary N) is 2. The fourth-order valence-corrected chi connectivity index (χ4v) is 3.64. The quantitative estimate of drug-likeness (QED) is 0.756. The Morgan fingerprint density at radius 1 is 1.24 bits per heavy atom. The Hall–Kier alpha value is -2.51. The van der Waals surface area contributed by atoms with Gasteiger partial charge in [0, 0.05) is 19.3 Å². The molecule has 1 aliphatic rings. The van der Waals surface area contributed by atoms with Gasteiger partial charge in [0.05, 0.1) is 28.7 Å². The molecule has 1 aliphatic heterocycles. The highest BCUT2D eigenvalue weighted by Crippen LogP contribution is 2.17. The number of carbonyl (C=O) groups is 2. The largest absolute Gasteiger partial charge is 0.352 e. The number of aromatic nitrogens is 1. The first-order valence-electron chi connectivity index (χ1n) is 9.55. The highest BCUT2D eigenvalue weighted by molar-refractivity contribution is 6.33. The standard InChI is InChI=1S/C21H24ClFN4O2/c1-27-8-2-3-15(13-27)20(28)25-11-14-6-7-24-17(9-14)12-26-21(29)18-5-4-16(23)10-19(18)22/h4-7,9-10,15H,2-3,8,11-13H2,1H3,(H,25,28)(H,26,29). The normalized spacial score (nSPS) is 17.0. The molecule has 1 unspecified atom stereocenters. The molecule has 0 saturated carbocycles. The number of hydrogen-bond acceptors (Lipinski definition) is 4. The van der Waals surface area contributed by atoms with Crippen molar-refractivity contribution in [3.63, 3.8) is 0 Å². The molecule has 29 heavy (non-hydrogen) atoms. The minimum absolute atomic E-state index is 0.0230. The number of halogens is 2. The minimum Gasteiger partial charge on any atom is -0.352 e. The Labute approximate surface area is 174 Å². The average Bonchev–Trinajstić information content (AvgIpc) is 2.70. The van der Waals surface area contributed by atoms with Crippen LogP contribution in [-0.2, 0) is 17.9 Å². The molecule has 8 heteroatoms. The molecule has 1 fully saturated rings. The summed E-state index contributed by atoms with van der Waals surface area (Å²) >= 11 is 5.92. The van der Waals surface area contributed by atoms with Crippen molar-refractivity contribution in [2.24, 2.45) is 5.92 Å². The topological polar surface area (TPSA) is 74.3 Å². The van der Waals surface area contributed by atoms with Crippen molar-refractivity contribution < 1.29 is 14.0 Å². The van der Waals surface area contributed by atoms with Crippen molar-refractivity contribution in [3.05, 3.63) is 64.2 Å². The van der Waals surface area contributed by atoms with E-state index in [9.17, 15) is 14.0 Å².